The van der Waals surface area contributed by atoms with Gasteiger partial charge in [-0.1, -0.05) is 37.3 Å². The van der Waals surface area contributed by atoms with Crippen LogP contribution in [0.15, 0.2) is 41.8 Å². The molecule has 1 aromatic carbocycles. The summed E-state index contributed by atoms with van der Waals surface area (Å²) in [6, 6.07) is 10.6. The number of hydrogen-bond acceptors (Lipinski definition) is 3. The van der Waals surface area contributed by atoms with Crippen molar-refractivity contribution >= 4 is 34.0 Å². The molecular formula is C14H11ClO2S. The highest BCUT2D eigenvalue weighted by Gasteiger charge is 2.14. The van der Waals surface area contributed by atoms with Crippen LogP contribution in [-0.2, 0) is 4.79 Å². The number of carbonyl (C=O) groups is 2. The van der Waals surface area contributed by atoms with Gasteiger partial charge < -0.3 is 0 Å². The van der Waals surface area contributed by atoms with Gasteiger partial charge in [-0.3, -0.25) is 9.59 Å². The molecule has 0 aliphatic carbocycles. The molecule has 0 radical (unpaired) electrons. The number of benzene rings is 1. The van der Waals surface area contributed by atoms with Gasteiger partial charge in [-0.25, -0.2) is 0 Å². The van der Waals surface area contributed by atoms with E-state index in [0.717, 1.165) is 5.56 Å². The summed E-state index contributed by atoms with van der Waals surface area (Å²) >= 11 is 6.86. The molecule has 2 aromatic rings. The van der Waals surface area contributed by atoms with Crippen LogP contribution in [0, 0.1) is 0 Å². The zero-order chi connectivity index (χ0) is 13.1. The Labute approximate surface area is 114 Å². The minimum atomic E-state index is -0.396. The van der Waals surface area contributed by atoms with Crippen molar-refractivity contribution in [2.45, 2.75) is 12.8 Å². The number of halogens is 1. The summed E-state index contributed by atoms with van der Waals surface area (Å²) in [6.45, 7) is 1.74. The van der Waals surface area contributed by atoms with Gasteiger partial charge in [-0.2, -0.15) is 0 Å². The number of ketones is 1. The van der Waals surface area contributed by atoms with Crippen molar-refractivity contribution < 1.29 is 9.59 Å². The molecule has 0 spiro atoms. The van der Waals surface area contributed by atoms with E-state index in [2.05, 4.69) is 0 Å². The Morgan fingerprint density at radius 1 is 1.17 bits per heavy atom. The quantitative estimate of drug-likeness (QED) is 0.629. The van der Waals surface area contributed by atoms with E-state index in [1.54, 1.807) is 37.3 Å². The van der Waals surface area contributed by atoms with E-state index in [1.165, 1.54) is 11.3 Å². The van der Waals surface area contributed by atoms with Gasteiger partial charge in [0.1, 0.15) is 0 Å². The third kappa shape index (κ3) is 2.68. The van der Waals surface area contributed by atoms with E-state index in [1.807, 2.05) is 11.4 Å². The smallest absolute Gasteiger partial charge is 0.228 e. The molecule has 92 valence electrons. The molecule has 2 nitrogen and oxygen atoms in total. The van der Waals surface area contributed by atoms with Crippen molar-refractivity contribution in [1.29, 1.82) is 0 Å². The van der Waals surface area contributed by atoms with E-state index < -0.39 is 5.24 Å². The normalized spacial score (nSPS) is 12.1. The lowest BCUT2D eigenvalue weighted by Gasteiger charge is -2.07. The summed E-state index contributed by atoms with van der Waals surface area (Å²) in [7, 11) is 0. The van der Waals surface area contributed by atoms with Crippen LogP contribution < -0.4 is 0 Å². The predicted octanol–water partition coefficient (Wildman–Crippen LogP) is 3.85. The summed E-state index contributed by atoms with van der Waals surface area (Å²) in [5, 5.41) is 1.47. The standard InChI is InChI=1S/C14H11ClO2S/c1-9(14(15)17)10-4-6-11(7-5-10)13(16)12-3-2-8-18-12/h2-9H,1H3. The Balaban J connectivity index is 2.23. The largest absolute Gasteiger partial charge is 0.288 e. The second-order valence-electron chi connectivity index (χ2n) is 3.95. The summed E-state index contributed by atoms with van der Waals surface area (Å²) in [6.07, 6.45) is 0. The molecule has 0 aliphatic heterocycles. The lowest BCUT2D eigenvalue weighted by Crippen LogP contribution is -2.03. The molecular weight excluding hydrogens is 268 g/mol. The Bertz CT molecular complexity index is 558. The average molecular weight is 279 g/mol. The van der Waals surface area contributed by atoms with Crippen LogP contribution in [0.25, 0.3) is 0 Å². The predicted molar refractivity (Wildman–Crippen MR) is 73.5 cm³/mol. The van der Waals surface area contributed by atoms with Crippen LogP contribution in [0.4, 0.5) is 0 Å². The second kappa shape index (κ2) is 5.46. The molecule has 18 heavy (non-hydrogen) atoms. The van der Waals surface area contributed by atoms with E-state index in [-0.39, 0.29) is 11.7 Å². The third-order valence-electron chi connectivity index (χ3n) is 2.76. The van der Waals surface area contributed by atoms with Gasteiger partial charge in [0, 0.05) is 5.56 Å². The van der Waals surface area contributed by atoms with Crippen LogP contribution >= 0.6 is 22.9 Å². The summed E-state index contributed by atoms with van der Waals surface area (Å²) in [5.41, 5.74) is 1.44. The fraction of sp³-hybridized carbons (Fsp3) is 0.143. The molecule has 0 fully saturated rings. The first-order valence-corrected chi connectivity index (χ1v) is 6.73. The summed E-state index contributed by atoms with van der Waals surface area (Å²) < 4.78 is 0. The first-order valence-electron chi connectivity index (χ1n) is 5.47. The van der Waals surface area contributed by atoms with Crippen LogP contribution in [0.5, 0.6) is 0 Å². The maximum absolute atomic E-state index is 12.0. The van der Waals surface area contributed by atoms with Gasteiger partial charge in [0.2, 0.25) is 11.0 Å². The lowest BCUT2D eigenvalue weighted by atomic mass is 9.99. The molecule has 1 atom stereocenters. The van der Waals surface area contributed by atoms with Crippen molar-refractivity contribution in [3.05, 3.63) is 57.8 Å². The van der Waals surface area contributed by atoms with Crippen molar-refractivity contribution in [3.8, 4) is 0 Å². The highest BCUT2D eigenvalue weighted by atomic mass is 35.5. The van der Waals surface area contributed by atoms with Crippen molar-refractivity contribution in [3.63, 3.8) is 0 Å². The molecule has 0 aliphatic rings. The van der Waals surface area contributed by atoms with Gasteiger partial charge in [-0.05, 0) is 28.6 Å². The van der Waals surface area contributed by atoms with E-state index in [9.17, 15) is 9.59 Å². The molecule has 0 N–H and O–H groups in total. The molecule has 0 saturated heterocycles. The van der Waals surface area contributed by atoms with Gasteiger partial charge >= 0.3 is 0 Å². The fourth-order valence-electron chi connectivity index (χ4n) is 1.60. The molecule has 0 amide bonds. The SMILES string of the molecule is CC(C(=O)Cl)c1ccc(C(=O)c2cccs2)cc1. The number of carbonyl (C=O) groups excluding carboxylic acids is 2. The Kier molecular flexibility index (Phi) is 3.94. The molecule has 0 bridgehead atoms. The zero-order valence-electron chi connectivity index (χ0n) is 9.72. The monoisotopic (exact) mass is 278 g/mol. The number of thiophene rings is 1. The fourth-order valence-corrected chi connectivity index (χ4v) is 2.42. The molecule has 4 heteroatoms. The summed E-state index contributed by atoms with van der Waals surface area (Å²) in [4.78, 5) is 23.8. The van der Waals surface area contributed by atoms with Crippen LogP contribution in [0.3, 0.4) is 0 Å². The first kappa shape index (κ1) is 13.0. The molecule has 1 aromatic heterocycles. The zero-order valence-corrected chi connectivity index (χ0v) is 11.3. The van der Waals surface area contributed by atoms with E-state index >= 15 is 0 Å². The molecule has 1 heterocycles. The second-order valence-corrected chi connectivity index (χ2v) is 5.27. The average Bonchev–Trinajstić information content (AvgIpc) is 2.91. The highest BCUT2D eigenvalue weighted by molar-refractivity contribution is 7.12. The lowest BCUT2D eigenvalue weighted by molar-refractivity contribution is -0.112. The Morgan fingerprint density at radius 3 is 2.33 bits per heavy atom. The Hall–Kier alpha value is -1.45. The first-order chi connectivity index (χ1) is 8.59. The van der Waals surface area contributed by atoms with E-state index in [4.69, 9.17) is 11.6 Å². The number of hydrogen-bond donors (Lipinski definition) is 0. The van der Waals surface area contributed by atoms with E-state index in [0.29, 0.717) is 10.4 Å². The highest BCUT2D eigenvalue weighted by Crippen LogP contribution is 2.20. The molecule has 2 rings (SSSR count). The molecule has 0 saturated carbocycles. The Morgan fingerprint density at radius 2 is 1.83 bits per heavy atom. The maximum Gasteiger partial charge on any atom is 0.228 e. The summed E-state index contributed by atoms with van der Waals surface area (Å²) in [5.74, 6) is -0.348. The van der Waals surface area contributed by atoms with Gasteiger partial charge in [-0.15, -0.1) is 11.3 Å². The number of rotatable bonds is 4. The van der Waals surface area contributed by atoms with Crippen LogP contribution in [0.1, 0.15) is 33.6 Å². The molecule has 1 unspecified atom stereocenters. The van der Waals surface area contributed by atoms with Crippen molar-refractivity contribution in [2.75, 3.05) is 0 Å². The van der Waals surface area contributed by atoms with Gasteiger partial charge in [0.15, 0.2) is 0 Å². The van der Waals surface area contributed by atoms with Crippen molar-refractivity contribution in [1.82, 2.24) is 0 Å². The maximum atomic E-state index is 12.0. The van der Waals surface area contributed by atoms with Crippen LogP contribution in [0.2, 0.25) is 0 Å². The van der Waals surface area contributed by atoms with Gasteiger partial charge in [0.05, 0.1) is 10.8 Å². The van der Waals surface area contributed by atoms with Gasteiger partial charge in [0.25, 0.3) is 0 Å². The third-order valence-corrected chi connectivity index (χ3v) is 3.95. The van der Waals surface area contributed by atoms with Crippen molar-refractivity contribution in [2.24, 2.45) is 0 Å². The topological polar surface area (TPSA) is 34.1 Å². The van der Waals surface area contributed by atoms with Crippen LogP contribution in [-0.4, -0.2) is 11.0 Å². The minimum absolute atomic E-state index is 0.00130. The minimum Gasteiger partial charge on any atom is -0.288 e.